The van der Waals surface area contributed by atoms with Crippen LogP contribution in [0.5, 0.6) is 0 Å². The van der Waals surface area contributed by atoms with Gasteiger partial charge in [0.05, 0.1) is 5.92 Å². The van der Waals surface area contributed by atoms with E-state index in [0.717, 1.165) is 13.1 Å². The highest BCUT2D eigenvalue weighted by Crippen LogP contribution is 2.14. The van der Waals surface area contributed by atoms with Crippen molar-refractivity contribution in [3.63, 3.8) is 0 Å². The summed E-state index contributed by atoms with van der Waals surface area (Å²) in [6.45, 7) is 3.72. The smallest absolute Gasteiger partial charge is 0.222 e. The lowest BCUT2D eigenvalue weighted by atomic mass is 9.98. The molecule has 9 heavy (non-hydrogen) atoms. The van der Waals surface area contributed by atoms with Gasteiger partial charge in [0.25, 0.3) is 0 Å². The summed E-state index contributed by atoms with van der Waals surface area (Å²) < 4.78 is 0. The second-order valence-electron chi connectivity index (χ2n) is 2.64. The molecule has 3 nitrogen and oxygen atoms in total. The molecule has 0 spiro atoms. The van der Waals surface area contributed by atoms with Gasteiger partial charge in [0, 0.05) is 6.54 Å². The van der Waals surface area contributed by atoms with Gasteiger partial charge in [-0.2, -0.15) is 0 Å². The third-order valence-electron chi connectivity index (χ3n) is 1.88. The molecule has 0 saturated carbocycles. The van der Waals surface area contributed by atoms with Crippen molar-refractivity contribution in [2.24, 2.45) is 17.6 Å². The van der Waals surface area contributed by atoms with Crippen molar-refractivity contribution in [3.05, 3.63) is 0 Å². The number of carbonyl (C=O) groups is 1. The minimum Gasteiger partial charge on any atom is -0.369 e. The first-order valence-electron chi connectivity index (χ1n) is 3.22. The van der Waals surface area contributed by atoms with E-state index in [-0.39, 0.29) is 11.8 Å². The number of primary amides is 1. The van der Waals surface area contributed by atoms with Crippen molar-refractivity contribution < 1.29 is 4.79 Å². The summed E-state index contributed by atoms with van der Waals surface area (Å²) in [4.78, 5) is 10.6. The molecule has 3 heteroatoms. The molecule has 0 aromatic carbocycles. The second-order valence-corrected chi connectivity index (χ2v) is 2.64. The first-order valence-corrected chi connectivity index (χ1v) is 3.22. The van der Waals surface area contributed by atoms with Crippen LogP contribution in [0.25, 0.3) is 0 Å². The van der Waals surface area contributed by atoms with Gasteiger partial charge in [-0.15, -0.1) is 0 Å². The number of carbonyl (C=O) groups excluding carboxylic acids is 1. The Morgan fingerprint density at radius 2 is 2.33 bits per heavy atom. The summed E-state index contributed by atoms with van der Waals surface area (Å²) in [6.07, 6.45) is 0. The van der Waals surface area contributed by atoms with E-state index in [1.54, 1.807) is 0 Å². The summed E-state index contributed by atoms with van der Waals surface area (Å²) in [5.74, 6) is 0.306. The second kappa shape index (κ2) is 2.35. The first kappa shape index (κ1) is 6.55. The van der Waals surface area contributed by atoms with Crippen molar-refractivity contribution in [1.29, 1.82) is 0 Å². The minimum atomic E-state index is -0.174. The Bertz CT molecular complexity index is 124. The van der Waals surface area contributed by atoms with Gasteiger partial charge in [0.15, 0.2) is 0 Å². The van der Waals surface area contributed by atoms with Crippen LogP contribution < -0.4 is 11.1 Å². The average Bonchev–Trinajstić information content (AvgIpc) is 2.13. The van der Waals surface area contributed by atoms with Gasteiger partial charge in [-0.25, -0.2) is 0 Å². The van der Waals surface area contributed by atoms with Crippen LogP contribution in [-0.4, -0.2) is 19.0 Å². The predicted molar refractivity (Wildman–Crippen MR) is 34.7 cm³/mol. The lowest BCUT2D eigenvalue weighted by Gasteiger charge is -2.07. The molecule has 1 amide bonds. The maximum atomic E-state index is 10.6. The van der Waals surface area contributed by atoms with Gasteiger partial charge < -0.3 is 11.1 Å². The molecule has 1 saturated heterocycles. The Morgan fingerprint density at radius 3 is 2.56 bits per heavy atom. The van der Waals surface area contributed by atoms with E-state index in [9.17, 15) is 4.79 Å². The van der Waals surface area contributed by atoms with Crippen LogP contribution in [0.4, 0.5) is 0 Å². The zero-order valence-corrected chi connectivity index (χ0v) is 5.55. The summed E-state index contributed by atoms with van der Waals surface area (Å²) in [5, 5.41) is 3.10. The summed E-state index contributed by atoms with van der Waals surface area (Å²) in [6, 6.07) is 0. The minimum absolute atomic E-state index is 0.0602. The maximum Gasteiger partial charge on any atom is 0.222 e. The predicted octanol–water partition coefficient (Wildman–Crippen LogP) is -0.673. The molecule has 3 N–H and O–H groups in total. The van der Waals surface area contributed by atoms with Crippen LogP contribution >= 0.6 is 0 Å². The van der Waals surface area contributed by atoms with Gasteiger partial charge in [0.2, 0.25) is 5.91 Å². The lowest BCUT2D eigenvalue weighted by molar-refractivity contribution is -0.122. The van der Waals surface area contributed by atoms with Crippen molar-refractivity contribution in [1.82, 2.24) is 5.32 Å². The molecule has 0 unspecified atom stereocenters. The van der Waals surface area contributed by atoms with Gasteiger partial charge in [-0.05, 0) is 12.5 Å². The van der Waals surface area contributed by atoms with Crippen LogP contribution in [-0.2, 0) is 4.79 Å². The zero-order valence-electron chi connectivity index (χ0n) is 5.55. The third kappa shape index (κ3) is 1.21. The van der Waals surface area contributed by atoms with Gasteiger partial charge >= 0.3 is 0 Å². The highest BCUT2D eigenvalue weighted by molar-refractivity contribution is 5.77. The van der Waals surface area contributed by atoms with E-state index < -0.39 is 0 Å². The third-order valence-corrected chi connectivity index (χ3v) is 1.88. The quantitative estimate of drug-likeness (QED) is 0.492. The molecular weight excluding hydrogens is 116 g/mol. The van der Waals surface area contributed by atoms with Crippen LogP contribution in [0.1, 0.15) is 6.92 Å². The van der Waals surface area contributed by atoms with Crippen molar-refractivity contribution in [2.45, 2.75) is 6.92 Å². The topological polar surface area (TPSA) is 55.1 Å². The Kier molecular flexibility index (Phi) is 1.71. The van der Waals surface area contributed by atoms with E-state index in [4.69, 9.17) is 5.73 Å². The number of nitrogens with one attached hydrogen (secondary N) is 1. The monoisotopic (exact) mass is 128 g/mol. The molecule has 1 aliphatic heterocycles. The van der Waals surface area contributed by atoms with Crippen LogP contribution in [0, 0.1) is 11.8 Å². The van der Waals surface area contributed by atoms with Crippen LogP contribution in [0.2, 0.25) is 0 Å². The summed E-state index contributed by atoms with van der Waals surface area (Å²) >= 11 is 0. The molecule has 0 radical (unpaired) electrons. The van der Waals surface area contributed by atoms with Crippen LogP contribution in [0.15, 0.2) is 0 Å². The van der Waals surface area contributed by atoms with E-state index in [1.165, 1.54) is 0 Å². The molecule has 0 aromatic heterocycles. The lowest BCUT2D eigenvalue weighted by Crippen LogP contribution is -2.28. The fourth-order valence-corrected chi connectivity index (χ4v) is 1.19. The fourth-order valence-electron chi connectivity index (χ4n) is 1.19. The van der Waals surface area contributed by atoms with Crippen LogP contribution in [0.3, 0.4) is 0 Å². The zero-order chi connectivity index (χ0) is 6.85. The Hall–Kier alpha value is -0.570. The Morgan fingerprint density at radius 1 is 1.67 bits per heavy atom. The highest BCUT2D eigenvalue weighted by Gasteiger charge is 2.27. The van der Waals surface area contributed by atoms with Gasteiger partial charge in [0.1, 0.15) is 0 Å². The SMILES string of the molecule is C[C@@H]1CNC[C@H]1C(N)=O. The molecule has 1 rings (SSSR count). The first-order chi connectivity index (χ1) is 4.22. The van der Waals surface area contributed by atoms with E-state index in [0.29, 0.717) is 5.92 Å². The molecule has 0 bridgehead atoms. The Labute approximate surface area is 54.6 Å². The highest BCUT2D eigenvalue weighted by atomic mass is 16.1. The fraction of sp³-hybridized carbons (Fsp3) is 0.833. The number of hydrogen-bond donors (Lipinski definition) is 2. The molecule has 0 aromatic rings. The van der Waals surface area contributed by atoms with Gasteiger partial charge in [-0.1, -0.05) is 6.92 Å². The van der Waals surface area contributed by atoms with Crippen molar-refractivity contribution in [3.8, 4) is 0 Å². The maximum absolute atomic E-state index is 10.6. The molecule has 2 atom stereocenters. The largest absolute Gasteiger partial charge is 0.369 e. The Balaban J connectivity index is 2.49. The van der Waals surface area contributed by atoms with Gasteiger partial charge in [-0.3, -0.25) is 4.79 Å². The summed E-state index contributed by atoms with van der Waals surface area (Å²) in [5.41, 5.74) is 5.11. The van der Waals surface area contributed by atoms with Crippen molar-refractivity contribution >= 4 is 5.91 Å². The number of hydrogen-bond acceptors (Lipinski definition) is 2. The van der Waals surface area contributed by atoms with E-state index in [1.807, 2.05) is 6.92 Å². The molecule has 0 aliphatic carbocycles. The molecule has 1 aliphatic rings. The number of nitrogens with two attached hydrogens (primary N) is 1. The molecule has 1 heterocycles. The number of rotatable bonds is 1. The van der Waals surface area contributed by atoms with Crippen molar-refractivity contribution in [2.75, 3.05) is 13.1 Å². The normalized spacial score (nSPS) is 34.8. The average molecular weight is 128 g/mol. The standard InChI is InChI=1S/C6H12N2O/c1-4-2-8-3-5(4)6(7)9/h4-5,8H,2-3H2,1H3,(H2,7,9)/t4-,5-/m1/s1. The molecule has 1 fully saturated rings. The summed E-state index contributed by atoms with van der Waals surface area (Å²) in [7, 11) is 0. The molecular formula is C6H12N2O. The number of amides is 1. The molecule has 52 valence electrons. The van der Waals surface area contributed by atoms with E-state index in [2.05, 4.69) is 5.32 Å². The van der Waals surface area contributed by atoms with E-state index >= 15 is 0 Å².